The molecular weight excluding hydrogens is 304 g/mol. The third-order valence-corrected chi connectivity index (χ3v) is 3.08. The van der Waals surface area contributed by atoms with Crippen LogP contribution in [0.5, 0.6) is 0 Å². The van der Waals surface area contributed by atoms with Gasteiger partial charge in [-0.25, -0.2) is 25.8 Å². The summed E-state index contributed by atoms with van der Waals surface area (Å²) < 4.78 is 0. The Labute approximate surface area is 125 Å². The van der Waals surface area contributed by atoms with Gasteiger partial charge in [0.2, 0.25) is 0 Å². The molecule has 0 saturated carbocycles. The molecule has 0 aliphatic carbocycles. The van der Waals surface area contributed by atoms with Gasteiger partial charge in [-0.2, -0.15) is 0 Å². The SMILES string of the molecule is CSc1nccc(Cl)n1.CSc1nccc(NN)n1. The molecule has 6 nitrogen and oxygen atoms in total. The first-order valence-electron chi connectivity index (χ1n) is 5.05. The van der Waals surface area contributed by atoms with Gasteiger partial charge in [-0.1, -0.05) is 35.1 Å². The molecule has 0 spiro atoms. The molecule has 0 bridgehead atoms. The molecule has 9 heteroatoms. The van der Waals surface area contributed by atoms with Crippen LogP contribution in [0, 0.1) is 0 Å². The normalized spacial score (nSPS) is 9.47. The van der Waals surface area contributed by atoms with E-state index in [0.29, 0.717) is 16.1 Å². The largest absolute Gasteiger partial charge is 0.308 e. The van der Waals surface area contributed by atoms with Crippen molar-refractivity contribution < 1.29 is 0 Å². The molecule has 0 atom stereocenters. The Kier molecular flexibility index (Phi) is 7.49. The maximum Gasteiger partial charge on any atom is 0.189 e. The van der Waals surface area contributed by atoms with Gasteiger partial charge >= 0.3 is 0 Å². The number of halogens is 1. The average molecular weight is 317 g/mol. The summed E-state index contributed by atoms with van der Waals surface area (Å²) in [7, 11) is 0. The molecule has 0 saturated heterocycles. The topological polar surface area (TPSA) is 89.6 Å². The first kappa shape index (κ1) is 16.0. The van der Waals surface area contributed by atoms with Crippen LogP contribution in [0.15, 0.2) is 34.8 Å². The van der Waals surface area contributed by atoms with Gasteiger partial charge in [-0.05, 0) is 18.6 Å². The minimum Gasteiger partial charge on any atom is -0.308 e. The number of nitrogens with zero attached hydrogens (tertiary/aromatic N) is 4. The number of nitrogens with one attached hydrogen (secondary N) is 1. The van der Waals surface area contributed by atoms with Crippen LogP contribution in [0.1, 0.15) is 0 Å². The minimum atomic E-state index is 0.495. The minimum absolute atomic E-state index is 0.495. The van der Waals surface area contributed by atoms with Crippen molar-refractivity contribution in [3.8, 4) is 0 Å². The van der Waals surface area contributed by atoms with Crippen molar-refractivity contribution in [3.05, 3.63) is 29.7 Å². The van der Waals surface area contributed by atoms with Crippen molar-refractivity contribution in [2.75, 3.05) is 17.9 Å². The lowest BCUT2D eigenvalue weighted by atomic mass is 10.6. The Morgan fingerprint density at radius 2 is 1.63 bits per heavy atom. The predicted molar refractivity (Wildman–Crippen MR) is 80.4 cm³/mol. The molecule has 102 valence electrons. The van der Waals surface area contributed by atoms with E-state index >= 15 is 0 Å². The third kappa shape index (κ3) is 6.06. The lowest BCUT2D eigenvalue weighted by Crippen LogP contribution is -2.08. The number of nitrogen functional groups attached to an aromatic ring is 1. The Balaban J connectivity index is 0.000000191. The van der Waals surface area contributed by atoms with Crippen molar-refractivity contribution >= 4 is 40.9 Å². The Bertz CT molecular complexity index is 494. The molecule has 0 aliphatic heterocycles. The highest BCUT2D eigenvalue weighted by atomic mass is 35.5. The number of nitrogens with two attached hydrogens (primary N) is 1. The van der Waals surface area contributed by atoms with Gasteiger partial charge < -0.3 is 5.43 Å². The summed E-state index contributed by atoms with van der Waals surface area (Å²) in [6, 6.07) is 3.36. The molecule has 0 aromatic carbocycles. The van der Waals surface area contributed by atoms with E-state index in [4.69, 9.17) is 17.4 Å². The van der Waals surface area contributed by atoms with E-state index < -0.39 is 0 Å². The summed E-state index contributed by atoms with van der Waals surface area (Å²) in [6.07, 6.45) is 7.12. The van der Waals surface area contributed by atoms with Crippen molar-refractivity contribution in [2.45, 2.75) is 10.3 Å². The number of hydrogen-bond acceptors (Lipinski definition) is 8. The highest BCUT2D eigenvalue weighted by Gasteiger charge is 1.93. The molecular formula is C10H13ClN6S2. The van der Waals surface area contributed by atoms with E-state index in [2.05, 4.69) is 25.4 Å². The van der Waals surface area contributed by atoms with Gasteiger partial charge in [0.05, 0.1) is 0 Å². The van der Waals surface area contributed by atoms with E-state index in [9.17, 15) is 0 Å². The van der Waals surface area contributed by atoms with E-state index in [1.54, 1.807) is 24.5 Å². The summed E-state index contributed by atoms with van der Waals surface area (Å²) in [5.41, 5.74) is 2.44. The second-order valence-electron chi connectivity index (χ2n) is 2.94. The second-order valence-corrected chi connectivity index (χ2v) is 4.87. The van der Waals surface area contributed by atoms with Gasteiger partial charge in [-0.15, -0.1) is 0 Å². The van der Waals surface area contributed by atoms with Crippen LogP contribution in [0.25, 0.3) is 0 Å². The molecule has 2 aromatic heterocycles. The maximum atomic E-state index is 5.56. The van der Waals surface area contributed by atoms with Gasteiger partial charge in [-0.3, -0.25) is 0 Å². The third-order valence-electron chi connectivity index (χ3n) is 1.75. The summed E-state index contributed by atoms with van der Waals surface area (Å²) in [6.45, 7) is 0. The quantitative estimate of drug-likeness (QED) is 0.293. The molecule has 0 unspecified atom stereocenters. The fourth-order valence-electron chi connectivity index (χ4n) is 0.938. The molecule has 2 aromatic rings. The van der Waals surface area contributed by atoms with Gasteiger partial charge in [0.25, 0.3) is 0 Å². The van der Waals surface area contributed by atoms with E-state index in [-0.39, 0.29) is 0 Å². The van der Waals surface area contributed by atoms with Gasteiger partial charge in [0.15, 0.2) is 10.3 Å². The summed E-state index contributed by atoms with van der Waals surface area (Å²) in [5.74, 6) is 5.76. The molecule has 0 fully saturated rings. The molecule has 2 heterocycles. The highest BCUT2D eigenvalue weighted by Crippen LogP contribution is 2.10. The van der Waals surface area contributed by atoms with Gasteiger partial charge in [0.1, 0.15) is 11.0 Å². The smallest absolute Gasteiger partial charge is 0.189 e. The number of aromatic nitrogens is 4. The standard InChI is InChI=1S/C5H5ClN2S.C5H8N4S/c1-9-5-7-3-2-4(6)8-5;1-10-5-7-3-2-4(8-5)9-6/h2-3H,1H3;2-3H,6H2,1H3,(H,7,8,9). The van der Waals surface area contributed by atoms with Crippen LogP contribution in [-0.2, 0) is 0 Å². The molecule has 0 amide bonds. The van der Waals surface area contributed by atoms with Crippen molar-refractivity contribution in [2.24, 2.45) is 5.84 Å². The molecule has 3 N–H and O–H groups in total. The van der Waals surface area contributed by atoms with Crippen molar-refractivity contribution in [1.82, 2.24) is 19.9 Å². The Morgan fingerprint density at radius 1 is 1.05 bits per heavy atom. The first-order chi connectivity index (χ1) is 9.19. The fourth-order valence-corrected chi connectivity index (χ4v) is 1.84. The number of hydrazine groups is 1. The zero-order valence-electron chi connectivity index (χ0n) is 10.4. The van der Waals surface area contributed by atoms with Crippen molar-refractivity contribution in [1.29, 1.82) is 0 Å². The first-order valence-corrected chi connectivity index (χ1v) is 7.88. The zero-order chi connectivity index (χ0) is 14.1. The number of rotatable bonds is 3. The van der Waals surface area contributed by atoms with E-state index in [1.165, 1.54) is 23.5 Å². The second kappa shape index (κ2) is 8.92. The summed E-state index contributed by atoms with van der Waals surface area (Å²) in [5, 5.41) is 1.92. The van der Waals surface area contributed by atoms with Crippen LogP contribution in [0.3, 0.4) is 0 Å². The van der Waals surface area contributed by atoms with Crippen LogP contribution >= 0.6 is 35.1 Å². The fraction of sp³-hybridized carbons (Fsp3) is 0.200. The predicted octanol–water partition coefficient (Wildman–Crippen LogP) is 2.34. The molecule has 0 radical (unpaired) electrons. The lowest BCUT2D eigenvalue weighted by Gasteiger charge is -1.97. The van der Waals surface area contributed by atoms with E-state index in [0.717, 1.165) is 5.16 Å². The Morgan fingerprint density at radius 3 is 2.11 bits per heavy atom. The van der Waals surface area contributed by atoms with Gasteiger partial charge in [0, 0.05) is 18.5 Å². The highest BCUT2D eigenvalue weighted by molar-refractivity contribution is 7.98. The van der Waals surface area contributed by atoms with Crippen molar-refractivity contribution in [3.63, 3.8) is 0 Å². The zero-order valence-corrected chi connectivity index (χ0v) is 12.8. The summed E-state index contributed by atoms with van der Waals surface area (Å²) >= 11 is 8.52. The summed E-state index contributed by atoms with van der Waals surface area (Å²) in [4.78, 5) is 15.8. The van der Waals surface area contributed by atoms with Crippen LogP contribution in [-0.4, -0.2) is 32.4 Å². The van der Waals surface area contributed by atoms with Crippen LogP contribution in [0.4, 0.5) is 5.82 Å². The van der Waals surface area contributed by atoms with Crippen LogP contribution < -0.4 is 11.3 Å². The van der Waals surface area contributed by atoms with E-state index in [1.807, 2.05) is 12.5 Å². The Hall–Kier alpha value is -1.09. The number of hydrogen-bond donors (Lipinski definition) is 2. The molecule has 2 rings (SSSR count). The maximum absolute atomic E-state index is 5.56. The van der Waals surface area contributed by atoms with Crippen LogP contribution in [0.2, 0.25) is 5.15 Å². The lowest BCUT2D eigenvalue weighted by molar-refractivity contribution is 0.966. The monoisotopic (exact) mass is 316 g/mol. The molecule has 19 heavy (non-hydrogen) atoms. The average Bonchev–Trinajstić information content (AvgIpc) is 2.48. The number of anilines is 1. The number of thioether (sulfide) groups is 2. The molecule has 0 aliphatic rings.